The van der Waals surface area contributed by atoms with Crippen LogP contribution in [0.15, 0.2) is 21.9 Å². The van der Waals surface area contributed by atoms with Crippen molar-refractivity contribution in [2.75, 3.05) is 13.2 Å². The number of aliphatic hydroxyl groups is 3. The number of hydroxylamine groups is 2. The average molecular weight is 606 g/mol. The molecule has 40 heavy (non-hydrogen) atoms. The smallest absolute Gasteiger partial charge is 0.330 e. The van der Waals surface area contributed by atoms with Crippen LogP contribution in [0.2, 0.25) is 13.1 Å². The van der Waals surface area contributed by atoms with Crippen LogP contribution in [0.25, 0.3) is 0 Å². The lowest BCUT2D eigenvalue weighted by atomic mass is 9.84. The van der Waals surface area contributed by atoms with Crippen LogP contribution in [0.5, 0.6) is 0 Å². The van der Waals surface area contributed by atoms with Gasteiger partial charge in [-0.15, -0.1) is 0 Å². The molecular weight excluding hydrogens is 561 g/mol. The van der Waals surface area contributed by atoms with E-state index in [0.717, 1.165) is 10.6 Å². The highest BCUT2D eigenvalue weighted by Gasteiger charge is 2.76. The number of nitrogens with one attached hydrogen (secondary N) is 1. The second-order valence-electron chi connectivity index (χ2n) is 11.0. The summed E-state index contributed by atoms with van der Waals surface area (Å²) in [5, 5.41) is 44.1. The van der Waals surface area contributed by atoms with Crippen molar-refractivity contribution in [3.63, 3.8) is 0 Å². The van der Waals surface area contributed by atoms with Crippen molar-refractivity contribution in [3.8, 4) is 6.07 Å². The van der Waals surface area contributed by atoms with Gasteiger partial charge in [-0.05, 0) is 33.6 Å². The molecule has 0 saturated carbocycles. The van der Waals surface area contributed by atoms with E-state index >= 15 is 0 Å². The van der Waals surface area contributed by atoms with Gasteiger partial charge in [0.25, 0.3) is 14.1 Å². The Morgan fingerprint density at radius 1 is 1.40 bits per heavy atom. The van der Waals surface area contributed by atoms with Crippen LogP contribution in [0.3, 0.4) is 0 Å². The maximum Gasteiger partial charge on any atom is 0.330 e. The molecule has 14 nitrogen and oxygen atoms in total. The van der Waals surface area contributed by atoms with E-state index in [0.29, 0.717) is 12.8 Å². The zero-order valence-corrected chi connectivity index (χ0v) is 26.1. The molecule has 0 bridgehead atoms. The number of hydrogen-bond donors (Lipinski definition) is 6. The summed E-state index contributed by atoms with van der Waals surface area (Å²) in [4.78, 5) is 37.0. The molecule has 0 radical (unpaired) electrons. The number of ether oxygens (including phenoxy) is 2. The molecule has 1 fully saturated rings. The molecule has 1 aromatic rings. The molecule has 0 spiro atoms. The van der Waals surface area contributed by atoms with Gasteiger partial charge in [-0.3, -0.25) is 19.8 Å². The summed E-state index contributed by atoms with van der Waals surface area (Å²) in [5.41, 5.74) is 0.654. The van der Waals surface area contributed by atoms with Gasteiger partial charge < -0.3 is 29.7 Å². The lowest BCUT2D eigenvalue weighted by Crippen LogP contribution is -2.71. The number of rotatable bonds is 15. The maximum absolute atomic E-state index is 13.1. The fourth-order valence-electron chi connectivity index (χ4n) is 5.65. The normalized spacial score (nSPS) is 29.2. The highest BCUT2D eigenvalue weighted by Crippen LogP contribution is 2.54. The summed E-state index contributed by atoms with van der Waals surface area (Å²) < 4.78 is 19.1. The second-order valence-corrected chi connectivity index (χ2v) is 14.9. The SMILES string of the molecule is CCCC[C@@]1(O)[C@@](O)(OCC(C)(CCC#N)N(OP(N)O)C(C)C)[C@@H](CO)O[C@]1(n1ccc(=O)[nH]c1=O)[SiH](C)C. The Bertz CT molecular complexity index is 1150. The average Bonchev–Trinajstić information content (AvgIpc) is 3.08. The topological polar surface area (TPSA) is 217 Å². The molecule has 1 aromatic heterocycles. The van der Waals surface area contributed by atoms with Gasteiger partial charge in [-0.2, -0.15) is 10.3 Å². The number of H-pyrrole nitrogens is 1. The fourth-order valence-corrected chi connectivity index (χ4v) is 8.72. The van der Waals surface area contributed by atoms with Crippen LogP contribution < -0.4 is 16.8 Å². The molecule has 1 aliphatic rings. The summed E-state index contributed by atoms with van der Waals surface area (Å²) in [6.45, 7) is 9.65. The number of hydrogen-bond acceptors (Lipinski definition) is 12. The van der Waals surface area contributed by atoms with Crippen molar-refractivity contribution in [1.82, 2.24) is 14.6 Å². The van der Waals surface area contributed by atoms with Crippen molar-refractivity contribution < 1.29 is 34.3 Å². The van der Waals surface area contributed by atoms with Crippen LogP contribution in [0, 0.1) is 11.3 Å². The molecule has 0 aliphatic carbocycles. The van der Waals surface area contributed by atoms with Crippen LogP contribution >= 0.6 is 8.53 Å². The summed E-state index contributed by atoms with van der Waals surface area (Å²) >= 11 is 0. The highest BCUT2D eigenvalue weighted by atomic mass is 31.2. The van der Waals surface area contributed by atoms with Gasteiger partial charge in [0, 0.05) is 24.7 Å². The molecule has 7 N–H and O–H groups in total. The predicted octanol–water partition coefficient (Wildman–Crippen LogP) is 0.115. The van der Waals surface area contributed by atoms with E-state index in [2.05, 4.69) is 11.1 Å². The van der Waals surface area contributed by atoms with Crippen molar-refractivity contribution >= 4 is 17.3 Å². The number of unbranched alkanes of at least 4 members (excludes halogenated alkanes) is 1. The van der Waals surface area contributed by atoms with Gasteiger partial charge >= 0.3 is 5.69 Å². The molecule has 228 valence electrons. The Morgan fingerprint density at radius 2 is 2.05 bits per heavy atom. The zero-order valence-electron chi connectivity index (χ0n) is 24.0. The Morgan fingerprint density at radius 3 is 2.52 bits per heavy atom. The van der Waals surface area contributed by atoms with Crippen LogP contribution in [0.1, 0.15) is 59.8 Å². The number of aromatic nitrogens is 2. The van der Waals surface area contributed by atoms with Gasteiger partial charge in [0.05, 0.1) is 24.8 Å². The highest BCUT2D eigenvalue weighted by molar-refractivity contribution is 7.43. The first-order chi connectivity index (χ1) is 18.6. The number of nitriles is 1. The molecule has 16 heteroatoms. The van der Waals surface area contributed by atoms with Gasteiger partial charge in [0.15, 0.2) is 10.9 Å². The first-order valence-electron chi connectivity index (χ1n) is 13.4. The maximum atomic E-state index is 13.1. The standard InChI is InChI=1S/C24H44N5O9PSi/c1-7-8-12-22(33)23(34,36-16-21(4,11-9-13-25)29(17(2)3)38-39(26)35)18(15-30)37-24(22,40(5)6)28-14-10-19(31)27-20(28)32/h10,14,17-18,30,33-35,40H,7-9,11-12,15-16,26H2,1-6H3,(H,27,31,32)/t18-,21?,22-,23+,24+,39?/m1/s1. The quantitative estimate of drug-likeness (QED) is 0.0680. The first kappa shape index (κ1) is 34.7. The van der Waals surface area contributed by atoms with Crippen LogP contribution in [-0.2, 0) is 19.4 Å². The van der Waals surface area contributed by atoms with Gasteiger partial charge in [0.2, 0.25) is 5.79 Å². The van der Waals surface area contributed by atoms with Crippen molar-refractivity contribution in [2.24, 2.45) is 5.50 Å². The Kier molecular flexibility index (Phi) is 11.8. The third kappa shape index (κ3) is 6.28. The van der Waals surface area contributed by atoms with Crippen molar-refractivity contribution in [1.29, 1.82) is 5.26 Å². The Balaban J connectivity index is 2.75. The minimum atomic E-state index is -2.55. The summed E-state index contributed by atoms with van der Waals surface area (Å²) in [6.07, 6.45) is 0.889. The molecule has 0 amide bonds. The number of aromatic amines is 1. The Labute approximate surface area is 236 Å². The van der Waals surface area contributed by atoms with E-state index in [9.17, 15) is 35.1 Å². The minimum Gasteiger partial charge on any atom is -0.393 e. The van der Waals surface area contributed by atoms with Crippen molar-refractivity contribution in [2.45, 2.75) is 107 Å². The monoisotopic (exact) mass is 605 g/mol. The van der Waals surface area contributed by atoms with Gasteiger partial charge in [-0.1, -0.05) is 32.9 Å². The molecule has 1 saturated heterocycles. The molecular formula is C24H44N5O9PSi. The lowest BCUT2D eigenvalue weighted by molar-refractivity contribution is -0.322. The second kappa shape index (κ2) is 13.6. The number of nitrogens with zero attached hydrogens (tertiary/aromatic N) is 3. The van der Waals surface area contributed by atoms with Crippen LogP contribution in [-0.4, -0.2) is 85.9 Å². The number of aliphatic hydroxyl groups excluding tert-OH is 1. The van der Waals surface area contributed by atoms with Crippen molar-refractivity contribution in [3.05, 3.63) is 33.1 Å². The first-order valence-corrected chi connectivity index (χ1v) is 17.5. The summed E-state index contributed by atoms with van der Waals surface area (Å²) in [7, 11) is -4.72. The van der Waals surface area contributed by atoms with E-state index in [-0.39, 0.29) is 31.9 Å². The minimum absolute atomic E-state index is 0.0639. The molecule has 2 unspecified atom stereocenters. The predicted molar refractivity (Wildman–Crippen MR) is 150 cm³/mol. The van der Waals surface area contributed by atoms with Crippen LogP contribution in [0.4, 0.5) is 0 Å². The van der Waals surface area contributed by atoms with E-state index in [1.54, 1.807) is 20.8 Å². The summed E-state index contributed by atoms with van der Waals surface area (Å²) in [6, 6.07) is 2.84. The molecule has 1 aliphatic heterocycles. The largest absolute Gasteiger partial charge is 0.393 e. The van der Waals surface area contributed by atoms with Gasteiger partial charge in [-0.25, -0.2) is 9.42 Å². The van der Waals surface area contributed by atoms with E-state index < -0.39 is 63.6 Å². The molecule has 2 rings (SSSR count). The fraction of sp³-hybridized carbons (Fsp3) is 0.792. The molecule has 2 heterocycles. The lowest BCUT2D eigenvalue weighted by Gasteiger charge is -2.49. The third-order valence-corrected chi connectivity index (χ3v) is 10.3. The van der Waals surface area contributed by atoms with E-state index in [1.165, 1.54) is 11.3 Å². The van der Waals surface area contributed by atoms with Gasteiger partial charge in [0.1, 0.15) is 14.9 Å². The molecule has 6 atom stereocenters. The summed E-state index contributed by atoms with van der Waals surface area (Å²) in [5.74, 6) is -2.55. The van der Waals surface area contributed by atoms with E-state index in [1.807, 2.05) is 20.0 Å². The van der Waals surface area contributed by atoms with E-state index in [4.69, 9.17) is 19.6 Å². The Hall–Kier alpha value is -1.54. The number of nitrogens with two attached hydrogens (primary N) is 1. The third-order valence-electron chi connectivity index (χ3n) is 7.52. The molecule has 0 aromatic carbocycles. The zero-order chi connectivity index (χ0) is 30.5.